The molecule has 0 aromatic heterocycles. The minimum absolute atomic E-state index is 0.330. The Morgan fingerprint density at radius 2 is 1.92 bits per heavy atom. The molecule has 0 aliphatic carbocycles. The van der Waals surface area contributed by atoms with Gasteiger partial charge in [-0.1, -0.05) is 0 Å². The number of hydrogen-bond donors (Lipinski definition) is 4. The maximum atomic E-state index is 9.33. The molecule has 1 aliphatic heterocycles. The van der Waals surface area contributed by atoms with Gasteiger partial charge in [-0.25, -0.2) is 0 Å². The first-order chi connectivity index (χ1) is 5.57. The average Bonchev–Trinajstić information content (AvgIpc) is 2.08. The molecule has 12 heavy (non-hydrogen) atoms. The molecule has 1 heterocycles. The van der Waals surface area contributed by atoms with Crippen molar-refractivity contribution in [3.05, 3.63) is 0 Å². The predicted octanol–water partition coefficient (Wildman–Crippen LogP) is -3.08. The first-order valence-corrected chi connectivity index (χ1v) is 4.60. The second-order valence-corrected chi connectivity index (χ2v) is 3.76. The second-order valence-electron chi connectivity index (χ2n) is 2.78. The molecular formula is C6H12NO4Se. The van der Waals surface area contributed by atoms with Crippen molar-refractivity contribution in [2.75, 3.05) is 6.61 Å². The van der Waals surface area contributed by atoms with Gasteiger partial charge in [0, 0.05) is 0 Å². The summed E-state index contributed by atoms with van der Waals surface area (Å²) in [6.45, 7) is -0.330. The van der Waals surface area contributed by atoms with Gasteiger partial charge in [0.25, 0.3) is 0 Å². The van der Waals surface area contributed by atoms with Gasteiger partial charge in [-0.2, -0.15) is 0 Å². The van der Waals surface area contributed by atoms with Gasteiger partial charge in [0.2, 0.25) is 0 Å². The van der Waals surface area contributed by atoms with Crippen LogP contribution in [0.25, 0.3) is 0 Å². The molecule has 5 atom stereocenters. The monoisotopic (exact) mass is 242 g/mol. The normalized spacial score (nSPS) is 49.2. The Kier molecular flexibility index (Phi) is 3.48. The van der Waals surface area contributed by atoms with E-state index in [0.717, 1.165) is 0 Å². The third-order valence-electron chi connectivity index (χ3n) is 1.93. The predicted molar refractivity (Wildman–Crippen MR) is 41.5 cm³/mol. The summed E-state index contributed by atoms with van der Waals surface area (Å²) in [7, 11) is 0. The van der Waals surface area contributed by atoms with Crippen LogP contribution in [0.2, 0.25) is 0 Å². The van der Waals surface area contributed by atoms with E-state index in [9.17, 15) is 10.2 Å². The summed E-state index contributed by atoms with van der Waals surface area (Å²) in [5.74, 6) is 0. The molecule has 1 fully saturated rings. The molecule has 1 aliphatic rings. The molecule has 0 spiro atoms. The van der Waals surface area contributed by atoms with E-state index in [0.29, 0.717) is 0 Å². The molecule has 0 aromatic rings. The molecule has 71 valence electrons. The Balaban J connectivity index is 2.63. The third-order valence-corrected chi connectivity index (χ3v) is 2.82. The summed E-state index contributed by atoms with van der Waals surface area (Å²) in [4.78, 5) is 0. The van der Waals surface area contributed by atoms with Crippen LogP contribution in [-0.2, 0) is 4.74 Å². The Bertz CT molecular complexity index is 154. The van der Waals surface area contributed by atoms with Gasteiger partial charge in [-0.15, -0.1) is 0 Å². The topological polar surface area (TPSA) is 95.9 Å². The van der Waals surface area contributed by atoms with Gasteiger partial charge in [-0.05, 0) is 0 Å². The van der Waals surface area contributed by atoms with E-state index < -0.39 is 29.4 Å². The van der Waals surface area contributed by atoms with Gasteiger partial charge in [0.1, 0.15) is 0 Å². The molecule has 0 aromatic carbocycles. The fraction of sp³-hybridized carbons (Fsp3) is 1.00. The maximum absolute atomic E-state index is 9.33. The fourth-order valence-electron chi connectivity index (χ4n) is 1.10. The van der Waals surface area contributed by atoms with Crippen molar-refractivity contribution in [3.63, 3.8) is 0 Å². The Labute approximate surface area is 78.3 Å². The number of aliphatic hydroxyl groups is 3. The van der Waals surface area contributed by atoms with E-state index in [-0.39, 0.29) is 6.61 Å². The van der Waals surface area contributed by atoms with Crippen LogP contribution in [0, 0.1) is 0 Å². The zero-order valence-electron chi connectivity index (χ0n) is 6.33. The molecule has 1 rings (SSSR count). The number of aliphatic hydroxyl groups excluding tert-OH is 3. The van der Waals surface area contributed by atoms with Crippen molar-refractivity contribution in [1.29, 1.82) is 0 Å². The van der Waals surface area contributed by atoms with Gasteiger partial charge < -0.3 is 0 Å². The van der Waals surface area contributed by atoms with E-state index in [1.807, 2.05) is 0 Å². The van der Waals surface area contributed by atoms with E-state index in [2.05, 4.69) is 16.0 Å². The Morgan fingerprint density at radius 3 is 2.42 bits per heavy atom. The van der Waals surface area contributed by atoms with Crippen molar-refractivity contribution < 1.29 is 20.1 Å². The van der Waals surface area contributed by atoms with Gasteiger partial charge in [-0.3, -0.25) is 0 Å². The minimum atomic E-state index is -1.12. The van der Waals surface area contributed by atoms with Crippen molar-refractivity contribution >= 4 is 16.0 Å². The average molecular weight is 241 g/mol. The SMILES string of the molecule is N[C@H]1C([Se])O[C@H](CO)[C@H](O)[C@@H]1O. The molecule has 1 unspecified atom stereocenters. The number of hydrogen-bond acceptors (Lipinski definition) is 5. The first kappa shape index (κ1) is 10.4. The van der Waals surface area contributed by atoms with Crippen molar-refractivity contribution in [2.45, 2.75) is 29.4 Å². The molecule has 5 N–H and O–H groups in total. The van der Waals surface area contributed by atoms with Gasteiger partial charge in [0.05, 0.1) is 0 Å². The molecule has 6 heteroatoms. The number of rotatable bonds is 1. The summed E-state index contributed by atoms with van der Waals surface area (Å²) in [5, 5.41) is 26.9. The summed E-state index contributed by atoms with van der Waals surface area (Å²) in [6.07, 6.45) is -2.93. The quantitative estimate of drug-likeness (QED) is 0.365. The molecule has 1 saturated heterocycles. The molecule has 5 nitrogen and oxygen atoms in total. The van der Waals surface area contributed by atoms with Crippen LogP contribution in [0.15, 0.2) is 0 Å². The molecule has 0 bridgehead atoms. The van der Waals surface area contributed by atoms with Crippen molar-refractivity contribution in [1.82, 2.24) is 0 Å². The van der Waals surface area contributed by atoms with E-state index in [1.54, 1.807) is 0 Å². The van der Waals surface area contributed by atoms with Crippen LogP contribution in [0.5, 0.6) is 0 Å². The van der Waals surface area contributed by atoms with Crippen LogP contribution < -0.4 is 5.73 Å². The molecular weight excluding hydrogens is 229 g/mol. The van der Waals surface area contributed by atoms with Crippen LogP contribution >= 0.6 is 0 Å². The van der Waals surface area contributed by atoms with E-state index in [1.165, 1.54) is 0 Å². The Hall–Kier alpha value is 0.319. The summed E-state index contributed by atoms with van der Waals surface area (Å²) >= 11 is 2.61. The third kappa shape index (κ3) is 1.80. The zero-order valence-corrected chi connectivity index (χ0v) is 8.04. The standard InChI is InChI=1S/C6H12NO4Se/c7-3-5(10)4(9)2(1-8)11-6(3)12/h2-6,8-10H,1,7H2/t2-,3-,4+,5-,6?/m1/s1. The van der Waals surface area contributed by atoms with E-state index >= 15 is 0 Å². The van der Waals surface area contributed by atoms with Crippen molar-refractivity contribution in [3.8, 4) is 0 Å². The zero-order chi connectivity index (χ0) is 9.30. The molecule has 1 radical (unpaired) electrons. The first-order valence-electron chi connectivity index (χ1n) is 3.61. The fourth-order valence-corrected chi connectivity index (χ4v) is 1.74. The number of ether oxygens (including phenoxy) is 1. The van der Waals surface area contributed by atoms with Crippen LogP contribution in [0.4, 0.5) is 0 Å². The molecule has 0 saturated carbocycles. The summed E-state index contributed by atoms with van der Waals surface area (Å²) < 4.78 is 5.09. The number of nitrogens with two attached hydrogens (primary N) is 1. The summed E-state index contributed by atoms with van der Waals surface area (Å²) in [6, 6.07) is -0.650. The second kappa shape index (κ2) is 4.02. The van der Waals surface area contributed by atoms with E-state index in [4.69, 9.17) is 15.6 Å². The Morgan fingerprint density at radius 1 is 1.33 bits per heavy atom. The van der Waals surface area contributed by atoms with Crippen LogP contribution in [-0.4, -0.2) is 67.3 Å². The van der Waals surface area contributed by atoms with Crippen LogP contribution in [0.1, 0.15) is 0 Å². The molecule has 0 amide bonds. The van der Waals surface area contributed by atoms with Gasteiger partial charge >= 0.3 is 77.8 Å². The van der Waals surface area contributed by atoms with Gasteiger partial charge in [0.15, 0.2) is 0 Å². The van der Waals surface area contributed by atoms with Crippen molar-refractivity contribution in [2.24, 2.45) is 5.73 Å². The summed E-state index contributed by atoms with van der Waals surface area (Å²) in [5.41, 5.74) is 5.48. The van der Waals surface area contributed by atoms with Crippen LogP contribution in [0.3, 0.4) is 0 Å².